The standard InChI is InChI=1S/C21H15F4N3O3S/c22-12-6-13(23)8-14(7-12)28-9-11(5-18(28)29)19(30)27-21-26-16(10-32-21)15-3-1-2-4-17(15)31-20(24)25/h1-4,6-8,10-11,20H,5,9H2,(H,26,27,30). The number of nitrogens with one attached hydrogen (secondary N) is 1. The zero-order valence-corrected chi connectivity index (χ0v) is 17.0. The van der Waals surface area contributed by atoms with Gasteiger partial charge in [-0.25, -0.2) is 13.8 Å². The van der Waals surface area contributed by atoms with E-state index in [0.29, 0.717) is 17.3 Å². The molecule has 0 bridgehead atoms. The van der Waals surface area contributed by atoms with Gasteiger partial charge in [-0.1, -0.05) is 12.1 Å². The van der Waals surface area contributed by atoms with Gasteiger partial charge in [-0.05, 0) is 24.3 Å². The van der Waals surface area contributed by atoms with E-state index < -0.39 is 36.0 Å². The average Bonchev–Trinajstić information content (AvgIpc) is 3.34. The molecule has 3 aromatic rings. The molecule has 4 rings (SSSR count). The van der Waals surface area contributed by atoms with Crippen LogP contribution in [-0.2, 0) is 9.59 Å². The fourth-order valence-electron chi connectivity index (χ4n) is 3.37. The highest BCUT2D eigenvalue weighted by molar-refractivity contribution is 7.14. The number of alkyl halides is 2. The Labute approximate surface area is 183 Å². The van der Waals surface area contributed by atoms with E-state index in [2.05, 4.69) is 15.0 Å². The van der Waals surface area contributed by atoms with E-state index in [1.165, 1.54) is 6.07 Å². The number of carbonyl (C=O) groups excluding carboxylic acids is 2. The molecule has 2 amide bonds. The lowest BCUT2D eigenvalue weighted by molar-refractivity contribution is -0.122. The van der Waals surface area contributed by atoms with Crippen LogP contribution in [0.2, 0.25) is 0 Å². The third-order valence-electron chi connectivity index (χ3n) is 4.77. The molecule has 6 nitrogen and oxygen atoms in total. The van der Waals surface area contributed by atoms with Crippen molar-refractivity contribution in [2.75, 3.05) is 16.8 Å². The number of hydrogen-bond acceptors (Lipinski definition) is 5. The summed E-state index contributed by atoms with van der Waals surface area (Å²) in [6.07, 6.45) is -0.132. The van der Waals surface area contributed by atoms with Gasteiger partial charge in [0.1, 0.15) is 17.4 Å². The van der Waals surface area contributed by atoms with Gasteiger partial charge < -0.3 is 15.0 Å². The molecule has 1 N–H and O–H groups in total. The molecular formula is C21H15F4N3O3S. The molecule has 0 radical (unpaired) electrons. The molecule has 32 heavy (non-hydrogen) atoms. The SMILES string of the molecule is O=C(Nc1nc(-c2ccccc2OC(F)F)cs1)C1CC(=O)N(c2cc(F)cc(F)c2)C1. The molecule has 1 atom stereocenters. The molecule has 0 saturated carbocycles. The van der Waals surface area contributed by atoms with Gasteiger partial charge in [-0.2, -0.15) is 8.78 Å². The smallest absolute Gasteiger partial charge is 0.387 e. The maximum Gasteiger partial charge on any atom is 0.387 e. The Morgan fingerprint density at radius 3 is 2.62 bits per heavy atom. The van der Waals surface area contributed by atoms with Crippen molar-refractivity contribution < 1.29 is 31.9 Å². The zero-order chi connectivity index (χ0) is 22.8. The number of rotatable bonds is 6. The van der Waals surface area contributed by atoms with Crippen LogP contribution in [0.25, 0.3) is 11.3 Å². The van der Waals surface area contributed by atoms with Crippen molar-refractivity contribution in [2.45, 2.75) is 13.0 Å². The van der Waals surface area contributed by atoms with E-state index in [4.69, 9.17) is 0 Å². The highest BCUT2D eigenvalue weighted by atomic mass is 32.1. The molecule has 1 saturated heterocycles. The van der Waals surface area contributed by atoms with Crippen LogP contribution >= 0.6 is 11.3 Å². The quantitative estimate of drug-likeness (QED) is 0.537. The Morgan fingerprint density at radius 1 is 1.19 bits per heavy atom. The molecular weight excluding hydrogens is 450 g/mol. The molecule has 11 heteroatoms. The van der Waals surface area contributed by atoms with Gasteiger partial charge in [0.05, 0.1) is 11.6 Å². The Bertz CT molecular complexity index is 1150. The fourth-order valence-corrected chi connectivity index (χ4v) is 4.08. The number of carbonyl (C=O) groups is 2. The van der Waals surface area contributed by atoms with Gasteiger partial charge in [0.2, 0.25) is 11.8 Å². The molecule has 166 valence electrons. The first-order valence-electron chi connectivity index (χ1n) is 9.37. The first-order valence-corrected chi connectivity index (χ1v) is 10.2. The van der Waals surface area contributed by atoms with Gasteiger partial charge in [-0.15, -0.1) is 11.3 Å². The van der Waals surface area contributed by atoms with E-state index in [-0.39, 0.29) is 29.5 Å². The fraction of sp³-hybridized carbons (Fsp3) is 0.190. The van der Waals surface area contributed by atoms with E-state index >= 15 is 0 Å². The van der Waals surface area contributed by atoms with Crippen molar-refractivity contribution in [1.29, 1.82) is 0 Å². The van der Waals surface area contributed by atoms with Crippen molar-refractivity contribution >= 4 is 34.0 Å². The van der Waals surface area contributed by atoms with Crippen LogP contribution in [0, 0.1) is 17.6 Å². The predicted octanol–water partition coefficient (Wildman–Crippen LogP) is 4.68. The number of halogens is 4. The summed E-state index contributed by atoms with van der Waals surface area (Å²) in [6, 6.07) is 8.86. The van der Waals surface area contributed by atoms with Gasteiger partial charge in [0.25, 0.3) is 0 Å². The monoisotopic (exact) mass is 465 g/mol. The highest BCUT2D eigenvalue weighted by Gasteiger charge is 2.35. The summed E-state index contributed by atoms with van der Waals surface area (Å²) in [5.74, 6) is -3.39. The van der Waals surface area contributed by atoms with Crippen LogP contribution in [0.3, 0.4) is 0 Å². The number of thiazole rings is 1. The summed E-state index contributed by atoms with van der Waals surface area (Å²) in [5, 5.41) is 4.38. The minimum absolute atomic E-state index is 0.0370. The molecule has 0 spiro atoms. The van der Waals surface area contributed by atoms with E-state index in [1.807, 2.05) is 0 Å². The van der Waals surface area contributed by atoms with Crippen LogP contribution < -0.4 is 15.0 Å². The largest absolute Gasteiger partial charge is 0.434 e. The molecule has 2 heterocycles. The van der Waals surface area contributed by atoms with Gasteiger partial charge in [-0.3, -0.25) is 9.59 Å². The molecule has 1 aliphatic rings. The van der Waals surface area contributed by atoms with E-state index in [1.54, 1.807) is 23.6 Å². The van der Waals surface area contributed by atoms with Crippen LogP contribution in [0.15, 0.2) is 47.8 Å². The maximum absolute atomic E-state index is 13.5. The Balaban J connectivity index is 1.46. The third kappa shape index (κ3) is 4.72. The van der Waals surface area contributed by atoms with E-state index in [0.717, 1.165) is 28.4 Å². The third-order valence-corrected chi connectivity index (χ3v) is 5.53. The number of nitrogens with zero attached hydrogens (tertiary/aromatic N) is 2. The van der Waals surface area contributed by atoms with Crippen LogP contribution in [-0.4, -0.2) is 30.0 Å². The maximum atomic E-state index is 13.5. The first-order chi connectivity index (χ1) is 15.3. The lowest BCUT2D eigenvalue weighted by atomic mass is 10.1. The summed E-state index contributed by atoms with van der Waals surface area (Å²) >= 11 is 1.08. The number of ether oxygens (including phenoxy) is 1. The van der Waals surface area contributed by atoms with Crippen LogP contribution in [0.5, 0.6) is 5.75 Å². The molecule has 1 aliphatic heterocycles. The van der Waals surface area contributed by atoms with Crippen molar-refractivity contribution in [1.82, 2.24) is 4.98 Å². The number of para-hydroxylation sites is 1. The van der Waals surface area contributed by atoms with Gasteiger partial charge in [0, 0.05) is 35.7 Å². The summed E-state index contributed by atoms with van der Waals surface area (Å²) in [4.78, 5) is 30.3. The molecule has 1 fully saturated rings. The molecule has 1 unspecified atom stereocenters. The summed E-state index contributed by atoms with van der Waals surface area (Å²) in [6.45, 7) is -3.04. The van der Waals surface area contributed by atoms with Crippen molar-refractivity contribution in [2.24, 2.45) is 5.92 Å². The Kier molecular flexibility index (Phi) is 6.08. The van der Waals surface area contributed by atoms with Gasteiger partial charge >= 0.3 is 6.61 Å². The number of anilines is 2. The zero-order valence-electron chi connectivity index (χ0n) is 16.2. The minimum atomic E-state index is -3.00. The molecule has 2 aromatic carbocycles. The minimum Gasteiger partial charge on any atom is -0.434 e. The second-order valence-electron chi connectivity index (χ2n) is 6.93. The highest BCUT2D eigenvalue weighted by Crippen LogP contribution is 2.33. The predicted molar refractivity (Wildman–Crippen MR) is 110 cm³/mol. The van der Waals surface area contributed by atoms with Crippen LogP contribution in [0.4, 0.5) is 28.4 Å². The lowest BCUT2D eigenvalue weighted by Crippen LogP contribution is -2.28. The van der Waals surface area contributed by atoms with Crippen molar-refractivity contribution in [3.63, 3.8) is 0 Å². The number of hydrogen-bond donors (Lipinski definition) is 1. The van der Waals surface area contributed by atoms with E-state index in [9.17, 15) is 27.2 Å². The van der Waals surface area contributed by atoms with Crippen molar-refractivity contribution in [3.05, 3.63) is 59.5 Å². The average molecular weight is 465 g/mol. The Morgan fingerprint density at radius 2 is 1.91 bits per heavy atom. The number of amides is 2. The molecule has 1 aromatic heterocycles. The topological polar surface area (TPSA) is 71.5 Å². The number of benzene rings is 2. The summed E-state index contributed by atoms with van der Waals surface area (Å²) in [5.41, 5.74) is 0.704. The normalized spacial score (nSPS) is 16.0. The van der Waals surface area contributed by atoms with Gasteiger partial charge in [0.15, 0.2) is 5.13 Å². The summed E-state index contributed by atoms with van der Waals surface area (Å²) < 4.78 is 56.7. The number of aromatic nitrogens is 1. The second-order valence-corrected chi connectivity index (χ2v) is 7.79. The Hall–Kier alpha value is -3.47. The lowest BCUT2D eigenvalue weighted by Gasteiger charge is -2.16. The summed E-state index contributed by atoms with van der Waals surface area (Å²) in [7, 11) is 0. The first kappa shape index (κ1) is 21.8. The van der Waals surface area contributed by atoms with Crippen LogP contribution in [0.1, 0.15) is 6.42 Å². The van der Waals surface area contributed by atoms with Crippen molar-refractivity contribution in [3.8, 4) is 17.0 Å². The molecule has 0 aliphatic carbocycles. The second kappa shape index (κ2) is 8.95.